The third-order valence-electron chi connectivity index (χ3n) is 4.66. The summed E-state index contributed by atoms with van der Waals surface area (Å²) in [6, 6.07) is 19.8. The largest absolute Gasteiger partial charge is 0.494 e. The van der Waals surface area contributed by atoms with Crippen molar-refractivity contribution in [1.82, 2.24) is 9.88 Å². The standard InChI is InChI=1S/C24H26N2O2/c1-3-28-23-12-10-20(11-13-23)15-24(27)26(17-21-8-6-14-25-16-21)18-22-9-5-4-7-19(22)2/h4-14,16H,3,15,17-18H2,1-2H3. The van der Waals surface area contributed by atoms with Crippen LogP contribution in [0.4, 0.5) is 0 Å². The highest BCUT2D eigenvalue weighted by molar-refractivity contribution is 5.78. The van der Waals surface area contributed by atoms with Gasteiger partial charge in [0, 0.05) is 25.5 Å². The van der Waals surface area contributed by atoms with Crippen LogP contribution in [0, 0.1) is 6.92 Å². The van der Waals surface area contributed by atoms with Crippen molar-refractivity contribution in [3.8, 4) is 5.75 Å². The molecular weight excluding hydrogens is 348 g/mol. The number of rotatable bonds is 8. The number of carbonyl (C=O) groups is 1. The number of benzene rings is 2. The van der Waals surface area contributed by atoms with E-state index in [4.69, 9.17) is 4.74 Å². The summed E-state index contributed by atoms with van der Waals surface area (Å²) in [4.78, 5) is 19.2. The first-order chi connectivity index (χ1) is 13.7. The van der Waals surface area contributed by atoms with Gasteiger partial charge in [0.1, 0.15) is 5.75 Å². The lowest BCUT2D eigenvalue weighted by atomic mass is 10.1. The minimum absolute atomic E-state index is 0.0938. The monoisotopic (exact) mass is 374 g/mol. The van der Waals surface area contributed by atoms with Crippen LogP contribution in [-0.4, -0.2) is 22.4 Å². The molecule has 0 saturated heterocycles. The number of aromatic nitrogens is 1. The van der Waals surface area contributed by atoms with E-state index < -0.39 is 0 Å². The Morgan fingerprint density at radius 3 is 2.43 bits per heavy atom. The first-order valence-electron chi connectivity index (χ1n) is 9.58. The van der Waals surface area contributed by atoms with E-state index in [1.807, 2.05) is 66.6 Å². The molecule has 0 atom stereocenters. The second-order valence-corrected chi connectivity index (χ2v) is 6.79. The van der Waals surface area contributed by atoms with Gasteiger partial charge in [-0.25, -0.2) is 0 Å². The van der Waals surface area contributed by atoms with Crippen LogP contribution < -0.4 is 4.74 Å². The second kappa shape index (κ2) is 9.70. The number of aryl methyl sites for hydroxylation is 1. The van der Waals surface area contributed by atoms with Crippen molar-refractivity contribution in [1.29, 1.82) is 0 Å². The number of hydrogen-bond acceptors (Lipinski definition) is 3. The van der Waals surface area contributed by atoms with Gasteiger partial charge in [-0.15, -0.1) is 0 Å². The van der Waals surface area contributed by atoms with Gasteiger partial charge < -0.3 is 9.64 Å². The average Bonchev–Trinajstić information content (AvgIpc) is 2.71. The van der Waals surface area contributed by atoms with Crippen LogP contribution in [0.1, 0.15) is 29.2 Å². The zero-order valence-corrected chi connectivity index (χ0v) is 16.5. The van der Waals surface area contributed by atoms with Crippen molar-refractivity contribution >= 4 is 5.91 Å². The summed E-state index contributed by atoms with van der Waals surface area (Å²) in [5, 5.41) is 0. The van der Waals surface area contributed by atoms with E-state index in [0.29, 0.717) is 26.1 Å². The van der Waals surface area contributed by atoms with Gasteiger partial charge in [0.05, 0.1) is 13.0 Å². The topological polar surface area (TPSA) is 42.4 Å². The summed E-state index contributed by atoms with van der Waals surface area (Å²) < 4.78 is 5.48. The highest BCUT2D eigenvalue weighted by Gasteiger charge is 2.16. The van der Waals surface area contributed by atoms with Gasteiger partial charge in [-0.05, 0) is 54.3 Å². The summed E-state index contributed by atoms with van der Waals surface area (Å²) in [6.07, 6.45) is 3.92. The van der Waals surface area contributed by atoms with E-state index in [9.17, 15) is 4.79 Å². The minimum atomic E-state index is 0.0938. The van der Waals surface area contributed by atoms with Crippen molar-refractivity contribution in [2.75, 3.05) is 6.61 Å². The van der Waals surface area contributed by atoms with Crippen LogP contribution in [0.15, 0.2) is 73.1 Å². The van der Waals surface area contributed by atoms with Gasteiger partial charge in [-0.1, -0.05) is 42.5 Å². The van der Waals surface area contributed by atoms with Gasteiger partial charge >= 0.3 is 0 Å². The van der Waals surface area contributed by atoms with Crippen LogP contribution in [0.2, 0.25) is 0 Å². The molecule has 0 saturated carbocycles. The molecule has 0 radical (unpaired) electrons. The number of ether oxygens (including phenoxy) is 1. The number of pyridine rings is 1. The van der Waals surface area contributed by atoms with E-state index in [2.05, 4.69) is 24.0 Å². The maximum atomic E-state index is 13.1. The van der Waals surface area contributed by atoms with Crippen molar-refractivity contribution in [2.45, 2.75) is 33.4 Å². The molecule has 2 aromatic carbocycles. The molecule has 28 heavy (non-hydrogen) atoms. The van der Waals surface area contributed by atoms with Crippen LogP contribution in [-0.2, 0) is 24.3 Å². The maximum Gasteiger partial charge on any atom is 0.227 e. The second-order valence-electron chi connectivity index (χ2n) is 6.79. The molecule has 0 aliphatic carbocycles. The molecule has 0 fully saturated rings. The molecule has 0 aliphatic rings. The molecule has 3 rings (SSSR count). The normalized spacial score (nSPS) is 10.5. The SMILES string of the molecule is CCOc1ccc(CC(=O)N(Cc2cccnc2)Cc2ccccc2C)cc1. The Kier molecular flexibility index (Phi) is 6.79. The van der Waals surface area contributed by atoms with Crippen LogP contribution in [0.25, 0.3) is 0 Å². The summed E-state index contributed by atoms with van der Waals surface area (Å²) in [5.41, 5.74) is 4.35. The van der Waals surface area contributed by atoms with E-state index in [1.165, 1.54) is 5.56 Å². The molecule has 1 amide bonds. The Hall–Kier alpha value is -3.14. The van der Waals surface area contributed by atoms with E-state index in [1.54, 1.807) is 6.20 Å². The lowest BCUT2D eigenvalue weighted by Gasteiger charge is -2.24. The van der Waals surface area contributed by atoms with E-state index in [0.717, 1.165) is 22.4 Å². The van der Waals surface area contributed by atoms with Gasteiger partial charge in [0.25, 0.3) is 0 Å². The first kappa shape index (κ1) is 19.6. The maximum absolute atomic E-state index is 13.1. The fraction of sp³-hybridized carbons (Fsp3) is 0.250. The Balaban J connectivity index is 1.76. The zero-order valence-electron chi connectivity index (χ0n) is 16.5. The summed E-state index contributed by atoms with van der Waals surface area (Å²) in [6.45, 7) is 5.79. The molecular formula is C24H26N2O2. The summed E-state index contributed by atoms with van der Waals surface area (Å²) in [7, 11) is 0. The minimum Gasteiger partial charge on any atom is -0.494 e. The van der Waals surface area contributed by atoms with Gasteiger partial charge in [-0.3, -0.25) is 9.78 Å². The fourth-order valence-electron chi connectivity index (χ4n) is 3.09. The lowest BCUT2D eigenvalue weighted by Crippen LogP contribution is -2.31. The highest BCUT2D eigenvalue weighted by Crippen LogP contribution is 2.17. The smallest absolute Gasteiger partial charge is 0.227 e. The molecule has 3 aromatic rings. The Morgan fingerprint density at radius 1 is 0.964 bits per heavy atom. The van der Waals surface area contributed by atoms with E-state index >= 15 is 0 Å². The van der Waals surface area contributed by atoms with Gasteiger partial charge in [0.15, 0.2) is 0 Å². The van der Waals surface area contributed by atoms with Gasteiger partial charge in [-0.2, -0.15) is 0 Å². The first-order valence-corrected chi connectivity index (χ1v) is 9.58. The van der Waals surface area contributed by atoms with Crippen molar-refractivity contribution in [2.24, 2.45) is 0 Å². The Labute approximate surface area is 166 Å². The molecule has 4 nitrogen and oxygen atoms in total. The molecule has 0 unspecified atom stereocenters. The van der Waals surface area contributed by atoms with Crippen molar-refractivity contribution < 1.29 is 9.53 Å². The van der Waals surface area contributed by atoms with Crippen LogP contribution >= 0.6 is 0 Å². The molecule has 1 aromatic heterocycles. The predicted molar refractivity (Wildman–Crippen MR) is 111 cm³/mol. The molecule has 0 spiro atoms. The number of amides is 1. The molecule has 1 heterocycles. The third-order valence-corrected chi connectivity index (χ3v) is 4.66. The number of carbonyl (C=O) groups excluding carboxylic acids is 1. The van der Waals surface area contributed by atoms with E-state index in [-0.39, 0.29) is 5.91 Å². The van der Waals surface area contributed by atoms with Crippen molar-refractivity contribution in [3.05, 3.63) is 95.3 Å². The molecule has 4 heteroatoms. The zero-order chi connectivity index (χ0) is 19.8. The fourth-order valence-corrected chi connectivity index (χ4v) is 3.09. The number of nitrogens with zero attached hydrogens (tertiary/aromatic N) is 2. The average molecular weight is 374 g/mol. The molecule has 0 N–H and O–H groups in total. The van der Waals surface area contributed by atoms with Crippen molar-refractivity contribution in [3.63, 3.8) is 0 Å². The molecule has 0 aliphatic heterocycles. The number of hydrogen-bond donors (Lipinski definition) is 0. The highest BCUT2D eigenvalue weighted by atomic mass is 16.5. The molecule has 0 bridgehead atoms. The lowest BCUT2D eigenvalue weighted by molar-refractivity contribution is -0.131. The van der Waals surface area contributed by atoms with Gasteiger partial charge in [0.2, 0.25) is 5.91 Å². The Bertz CT molecular complexity index is 892. The Morgan fingerprint density at radius 2 is 1.75 bits per heavy atom. The quantitative estimate of drug-likeness (QED) is 0.580. The third kappa shape index (κ3) is 5.43. The van der Waals surface area contributed by atoms with Crippen LogP contribution in [0.5, 0.6) is 5.75 Å². The summed E-state index contributed by atoms with van der Waals surface area (Å²) in [5.74, 6) is 0.919. The molecule has 144 valence electrons. The predicted octanol–water partition coefficient (Wildman–Crippen LogP) is 4.56. The van der Waals surface area contributed by atoms with Crippen LogP contribution in [0.3, 0.4) is 0 Å². The summed E-state index contributed by atoms with van der Waals surface area (Å²) >= 11 is 0.